The van der Waals surface area contributed by atoms with Gasteiger partial charge in [0.05, 0.1) is 29.4 Å². The van der Waals surface area contributed by atoms with Gasteiger partial charge in [-0.15, -0.1) is 0 Å². The molecular weight excluding hydrogens is 486 g/mol. The van der Waals surface area contributed by atoms with Crippen LogP contribution < -0.4 is 10.6 Å². The number of aryl methyl sites for hydroxylation is 1. The minimum atomic E-state index is -0.799. The zero-order valence-corrected chi connectivity index (χ0v) is 20.9. The molecule has 36 heavy (non-hydrogen) atoms. The van der Waals surface area contributed by atoms with Crippen LogP contribution in [-0.2, 0) is 7.05 Å². The van der Waals surface area contributed by atoms with Crippen LogP contribution in [0.25, 0.3) is 22.4 Å². The third-order valence-corrected chi connectivity index (χ3v) is 5.97. The van der Waals surface area contributed by atoms with Crippen LogP contribution in [0.3, 0.4) is 0 Å². The molecule has 2 aromatic carbocycles. The molecule has 0 saturated carbocycles. The number of halogens is 3. The van der Waals surface area contributed by atoms with E-state index in [0.717, 1.165) is 53.4 Å². The van der Waals surface area contributed by atoms with Crippen LogP contribution in [0.1, 0.15) is 23.2 Å². The van der Waals surface area contributed by atoms with Crippen LogP contribution in [0.2, 0.25) is 5.02 Å². The Hall–Kier alpha value is -3.33. The second-order valence-corrected chi connectivity index (χ2v) is 8.55. The van der Waals surface area contributed by atoms with Crippen LogP contribution in [0, 0.1) is 11.6 Å². The van der Waals surface area contributed by atoms with E-state index in [1.165, 1.54) is 31.5 Å². The Morgan fingerprint density at radius 1 is 1.17 bits per heavy atom. The van der Waals surface area contributed by atoms with Crippen molar-refractivity contribution in [3.8, 4) is 22.4 Å². The molecule has 0 bridgehead atoms. The number of carbonyl (C=O) groups excluding carboxylic acids is 1. The summed E-state index contributed by atoms with van der Waals surface area (Å²) in [5, 5.41) is 11.3. The number of aromatic nitrogens is 2. The minimum absolute atomic E-state index is 0.566. The molecular formula is C27H29ClF2N4O2. The molecule has 0 spiro atoms. The summed E-state index contributed by atoms with van der Waals surface area (Å²) in [5.74, 6) is -1.60. The molecule has 6 nitrogen and oxygen atoms in total. The van der Waals surface area contributed by atoms with E-state index in [2.05, 4.69) is 15.7 Å². The highest BCUT2D eigenvalue weighted by Crippen LogP contribution is 2.36. The SMILES string of the molecule is CNC1CCCNC1.Cn1ncc(Cl)c1-c1ccc(C=O)cc1-c1ccoc1.Fc1ccccc1F. The lowest BCUT2D eigenvalue weighted by atomic mass is 9.97. The van der Waals surface area contributed by atoms with Gasteiger partial charge in [0.15, 0.2) is 11.6 Å². The molecule has 2 N–H and O–H groups in total. The fourth-order valence-corrected chi connectivity index (χ4v) is 4.02. The van der Waals surface area contributed by atoms with Gasteiger partial charge in [0.2, 0.25) is 0 Å². The molecule has 1 aliphatic heterocycles. The molecule has 9 heteroatoms. The summed E-state index contributed by atoms with van der Waals surface area (Å²) in [6, 6.07) is 13.1. The van der Waals surface area contributed by atoms with Gasteiger partial charge in [-0.05, 0) is 56.3 Å². The van der Waals surface area contributed by atoms with Crippen molar-refractivity contribution in [1.29, 1.82) is 0 Å². The maximum absolute atomic E-state index is 11.9. The summed E-state index contributed by atoms with van der Waals surface area (Å²) in [4.78, 5) is 11.0. The van der Waals surface area contributed by atoms with E-state index >= 15 is 0 Å². The average Bonchev–Trinajstić information content (AvgIpc) is 3.57. The van der Waals surface area contributed by atoms with Crippen molar-refractivity contribution in [3.63, 3.8) is 0 Å². The van der Waals surface area contributed by atoms with Crippen LogP contribution >= 0.6 is 11.6 Å². The highest BCUT2D eigenvalue weighted by molar-refractivity contribution is 6.33. The van der Waals surface area contributed by atoms with Crippen molar-refractivity contribution in [2.75, 3.05) is 20.1 Å². The zero-order chi connectivity index (χ0) is 25.9. The summed E-state index contributed by atoms with van der Waals surface area (Å²) in [6.07, 6.45) is 8.31. The molecule has 1 atom stereocenters. The number of hydrogen-bond acceptors (Lipinski definition) is 5. The molecule has 190 valence electrons. The first-order valence-electron chi connectivity index (χ1n) is 11.5. The van der Waals surface area contributed by atoms with E-state index in [9.17, 15) is 13.6 Å². The largest absolute Gasteiger partial charge is 0.472 e. The van der Waals surface area contributed by atoms with Crippen molar-refractivity contribution in [3.05, 3.63) is 89.5 Å². The van der Waals surface area contributed by atoms with Gasteiger partial charge in [-0.3, -0.25) is 9.48 Å². The van der Waals surface area contributed by atoms with Crippen LogP contribution in [0.4, 0.5) is 8.78 Å². The number of carbonyl (C=O) groups is 1. The van der Waals surface area contributed by atoms with E-state index in [1.54, 1.807) is 29.5 Å². The van der Waals surface area contributed by atoms with Crippen molar-refractivity contribution >= 4 is 17.9 Å². The summed E-state index contributed by atoms with van der Waals surface area (Å²) in [6.45, 7) is 2.36. The monoisotopic (exact) mass is 514 g/mol. The molecule has 1 unspecified atom stereocenters. The van der Waals surface area contributed by atoms with Gasteiger partial charge in [-0.1, -0.05) is 35.9 Å². The molecule has 1 aliphatic rings. The number of hydrogen-bond donors (Lipinski definition) is 2. The molecule has 3 heterocycles. The third kappa shape index (κ3) is 7.34. The Morgan fingerprint density at radius 2 is 1.92 bits per heavy atom. The standard InChI is InChI=1S/C15H11ClN2O2.C6H4F2.C6H14N2/c1-18-15(14(16)7-17-18)12-3-2-10(8-19)6-13(12)11-4-5-20-9-11;7-5-3-1-2-4-6(5)8;1-7-6-3-2-4-8-5-6/h2-9H,1H3;1-4H;6-8H,2-5H2,1H3. The number of benzene rings is 2. The normalized spacial score (nSPS) is 14.8. The third-order valence-electron chi connectivity index (χ3n) is 5.69. The van der Waals surface area contributed by atoms with Crippen molar-refractivity contribution < 1.29 is 18.0 Å². The Balaban J connectivity index is 0.000000185. The predicted octanol–water partition coefficient (Wildman–Crippen LogP) is 5.74. The Morgan fingerprint density at radius 3 is 2.39 bits per heavy atom. The maximum atomic E-state index is 11.9. The maximum Gasteiger partial charge on any atom is 0.158 e. The number of furan rings is 1. The summed E-state index contributed by atoms with van der Waals surface area (Å²) in [5.41, 5.74) is 4.08. The van der Waals surface area contributed by atoms with Gasteiger partial charge in [0.1, 0.15) is 6.29 Å². The number of nitrogens with one attached hydrogen (secondary N) is 2. The zero-order valence-electron chi connectivity index (χ0n) is 20.2. The summed E-state index contributed by atoms with van der Waals surface area (Å²) in [7, 11) is 3.85. The predicted molar refractivity (Wildman–Crippen MR) is 138 cm³/mol. The van der Waals surface area contributed by atoms with Crippen molar-refractivity contribution in [2.24, 2.45) is 7.05 Å². The first-order valence-corrected chi connectivity index (χ1v) is 11.9. The topological polar surface area (TPSA) is 72.1 Å². The molecule has 0 radical (unpaired) electrons. The van der Waals surface area contributed by atoms with Crippen LogP contribution in [0.15, 0.2) is 71.7 Å². The van der Waals surface area contributed by atoms with Gasteiger partial charge in [0.25, 0.3) is 0 Å². The highest BCUT2D eigenvalue weighted by Gasteiger charge is 2.16. The highest BCUT2D eigenvalue weighted by atomic mass is 35.5. The minimum Gasteiger partial charge on any atom is -0.472 e. The van der Waals surface area contributed by atoms with Crippen molar-refractivity contribution in [2.45, 2.75) is 18.9 Å². The van der Waals surface area contributed by atoms with E-state index in [4.69, 9.17) is 16.0 Å². The first-order chi connectivity index (χ1) is 17.4. The van der Waals surface area contributed by atoms with E-state index in [-0.39, 0.29) is 0 Å². The van der Waals surface area contributed by atoms with E-state index in [0.29, 0.717) is 10.6 Å². The molecule has 1 saturated heterocycles. The van der Waals surface area contributed by atoms with E-state index in [1.807, 2.05) is 32.3 Å². The molecule has 4 aromatic rings. The van der Waals surface area contributed by atoms with Gasteiger partial charge in [0, 0.05) is 36.3 Å². The fraction of sp³-hybridized carbons (Fsp3) is 0.259. The van der Waals surface area contributed by atoms with Gasteiger partial charge in [-0.25, -0.2) is 8.78 Å². The van der Waals surface area contributed by atoms with Crippen LogP contribution in [0.5, 0.6) is 0 Å². The molecule has 0 amide bonds. The quantitative estimate of drug-likeness (QED) is 0.340. The molecule has 1 fully saturated rings. The second kappa shape index (κ2) is 13.7. The smallest absolute Gasteiger partial charge is 0.158 e. The first kappa shape index (κ1) is 27.3. The number of aldehydes is 1. The average molecular weight is 515 g/mol. The number of piperidine rings is 1. The summed E-state index contributed by atoms with van der Waals surface area (Å²) >= 11 is 6.21. The lowest BCUT2D eigenvalue weighted by Crippen LogP contribution is -2.41. The molecule has 2 aromatic heterocycles. The van der Waals surface area contributed by atoms with Crippen LogP contribution in [-0.4, -0.2) is 42.2 Å². The number of rotatable bonds is 4. The Bertz CT molecular complexity index is 1200. The van der Waals surface area contributed by atoms with Crippen molar-refractivity contribution in [1.82, 2.24) is 20.4 Å². The lowest BCUT2D eigenvalue weighted by Gasteiger charge is -2.21. The second-order valence-electron chi connectivity index (χ2n) is 8.15. The van der Waals surface area contributed by atoms with Gasteiger partial charge < -0.3 is 15.1 Å². The van der Waals surface area contributed by atoms with Gasteiger partial charge in [-0.2, -0.15) is 5.10 Å². The fourth-order valence-electron chi connectivity index (χ4n) is 3.75. The summed E-state index contributed by atoms with van der Waals surface area (Å²) < 4.78 is 30.7. The lowest BCUT2D eigenvalue weighted by molar-refractivity contribution is 0.112. The Labute approximate surface area is 214 Å². The molecule has 5 rings (SSSR count). The Kier molecular flexibility index (Phi) is 10.4. The number of likely N-dealkylation sites (N-methyl/N-ethyl adjacent to an activating group) is 1. The molecule has 0 aliphatic carbocycles. The van der Waals surface area contributed by atoms with E-state index < -0.39 is 11.6 Å². The van der Waals surface area contributed by atoms with Gasteiger partial charge >= 0.3 is 0 Å². The number of nitrogens with zero attached hydrogens (tertiary/aromatic N) is 2.